The van der Waals surface area contributed by atoms with Gasteiger partial charge in [-0.1, -0.05) is 24.3 Å². The molecule has 0 aliphatic heterocycles. The molecule has 3 heteroatoms. The van der Waals surface area contributed by atoms with Crippen LogP contribution in [-0.4, -0.2) is 30.3 Å². The molecule has 3 nitrogen and oxygen atoms in total. The molecule has 2 aromatic rings. The van der Waals surface area contributed by atoms with Crippen molar-refractivity contribution in [1.29, 1.82) is 0 Å². The lowest BCUT2D eigenvalue weighted by Gasteiger charge is -2.04. The minimum absolute atomic E-state index is 0.991. The summed E-state index contributed by atoms with van der Waals surface area (Å²) in [5.41, 5.74) is 2.03. The number of aromatic nitrogens is 1. The topological polar surface area (TPSA) is 28.5 Å². The fourth-order valence-corrected chi connectivity index (χ4v) is 1.41. The molecule has 1 aromatic carbocycles. The van der Waals surface area contributed by atoms with Crippen LogP contribution in [0.5, 0.6) is 0 Å². The van der Waals surface area contributed by atoms with Gasteiger partial charge in [-0.3, -0.25) is 4.98 Å². The molecule has 0 aliphatic rings. The second kappa shape index (κ2) is 4.09. The van der Waals surface area contributed by atoms with Crippen molar-refractivity contribution in [2.75, 3.05) is 14.1 Å². The monoisotopic (exact) mass is 199 g/mol. The lowest BCUT2D eigenvalue weighted by molar-refractivity contribution is 0.440. The van der Waals surface area contributed by atoms with Gasteiger partial charge >= 0.3 is 0 Å². The fourth-order valence-electron chi connectivity index (χ4n) is 1.41. The molecule has 0 amide bonds. The van der Waals surface area contributed by atoms with E-state index in [1.54, 1.807) is 11.2 Å². The number of fused-ring (bicyclic) bond motifs is 1. The van der Waals surface area contributed by atoms with Gasteiger partial charge in [-0.15, -0.1) is 0 Å². The van der Waals surface area contributed by atoms with Gasteiger partial charge in [0.15, 0.2) is 0 Å². The highest BCUT2D eigenvalue weighted by molar-refractivity contribution is 5.97. The van der Waals surface area contributed by atoms with Crippen LogP contribution in [0.2, 0.25) is 0 Å². The molecule has 0 spiro atoms. The number of hydrogen-bond acceptors (Lipinski definition) is 3. The summed E-state index contributed by atoms with van der Waals surface area (Å²) in [6, 6.07) is 10.1. The summed E-state index contributed by atoms with van der Waals surface area (Å²) in [5, 5.41) is 7.12. The van der Waals surface area contributed by atoms with Crippen LogP contribution in [-0.2, 0) is 0 Å². The predicted octanol–water partition coefficient (Wildman–Crippen LogP) is 2.13. The average Bonchev–Trinajstić information content (AvgIpc) is 2.26. The summed E-state index contributed by atoms with van der Waals surface area (Å²) in [5.74, 6) is 0. The number of hydrogen-bond donors (Lipinski definition) is 0. The number of benzene rings is 1. The number of nitrogens with zero attached hydrogens (tertiary/aromatic N) is 3. The summed E-state index contributed by atoms with van der Waals surface area (Å²) >= 11 is 0. The number of rotatable bonds is 2. The van der Waals surface area contributed by atoms with Crippen LogP contribution in [0.3, 0.4) is 0 Å². The molecule has 0 atom stereocenters. The second-order valence-electron chi connectivity index (χ2n) is 3.51. The predicted molar refractivity (Wildman–Crippen MR) is 63.0 cm³/mol. The van der Waals surface area contributed by atoms with E-state index in [0.29, 0.717) is 0 Å². The second-order valence-corrected chi connectivity index (χ2v) is 3.51. The quantitative estimate of drug-likeness (QED) is 0.547. The number of hydrazone groups is 1. The van der Waals surface area contributed by atoms with E-state index in [1.165, 1.54) is 0 Å². The van der Waals surface area contributed by atoms with Gasteiger partial charge in [-0.05, 0) is 6.07 Å². The van der Waals surface area contributed by atoms with Crippen molar-refractivity contribution < 1.29 is 0 Å². The number of pyridine rings is 1. The van der Waals surface area contributed by atoms with E-state index in [2.05, 4.69) is 22.2 Å². The Balaban J connectivity index is 2.51. The van der Waals surface area contributed by atoms with E-state index in [0.717, 1.165) is 16.5 Å². The summed E-state index contributed by atoms with van der Waals surface area (Å²) in [6.07, 6.45) is 3.63. The van der Waals surface area contributed by atoms with Gasteiger partial charge in [0, 0.05) is 31.2 Å². The standard InChI is InChI=1S/C12H13N3/c1-15(2)14-9-11-6-3-5-10-7-4-8-13-12(10)11/h3-9H,1-2H3. The Morgan fingerprint density at radius 1 is 1.20 bits per heavy atom. The van der Waals surface area contributed by atoms with Crippen molar-refractivity contribution in [3.8, 4) is 0 Å². The van der Waals surface area contributed by atoms with E-state index in [1.807, 2.05) is 38.5 Å². The van der Waals surface area contributed by atoms with Gasteiger partial charge < -0.3 is 5.01 Å². The molecule has 15 heavy (non-hydrogen) atoms. The van der Waals surface area contributed by atoms with Gasteiger partial charge in [-0.25, -0.2) is 0 Å². The maximum Gasteiger partial charge on any atom is 0.0790 e. The Hall–Kier alpha value is -1.90. The molecule has 0 bridgehead atoms. The molecule has 76 valence electrons. The first kappa shape index (κ1) is 9.65. The van der Waals surface area contributed by atoms with Crippen LogP contribution >= 0.6 is 0 Å². The maximum atomic E-state index is 4.35. The average molecular weight is 199 g/mol. The zero-order chi connectivity index (χ0) is 10.7. The van der Waals surface area contributed by atoms with Crippen LogP contribution in [0.25, 0.3) is 10.9 Å². The van der Waals surface area contributed by atoms with Crippen molar-refractivity contribution in [2.45, 2.75) is 0 Å². The minimum Gasteiger partial charge on any atom is -0.303 e. The molecular weight excluding hydrogens is 186 g/mol. The van der Waals surface area contributed by atoms with Crippen LogP contribution in [0.4, 0.5) is 0 Å². The van der Waals surface area contributed by atoms with Crippen LogP contribution in [0, 0.1) is 0 Å². The van der Waals surface area contributed by atoms with E-state index in [-0.39, 0.29) is 0 Å². The third kappa shape index (κ3) is 2.13. The van der Waals surface area contributed by atoms with Gasteiger partial charge in [0.1, 0.15) is 0 Å². The molecule has 0 unspecified atom stereocenters. The normalized spacial score (nSPS) is 11.1. The van der Waals surface area contributed by atoms with E-state index < -0.39 is 0 Å². The summed E-state index contributed by atoms with van der Waals surface area (Å²) < 4.78 is 0. The van der Waals surface area contributed by atoms with E-state index in [4.69, 9.17) is 0 Å². The van der Waals surface area contributed by atoms with Gasteiger partial charge in [0.2, 0.25) is 0 Å². The molecule has 0 radical (unpaired) electrons. The largest absolute Gasteiger partial charge is 0.303 e. The molecule has 0 fully saturated rings. The molecule has 0 N–H and O–H groups in total. The summed E-state index contributed by atoms with van der Waals surface area (Å²) in [4.78, 5) is 4.35. The fraction of sp³-hybridized carbons (Fsp3) is 0.167. The minimum atomic E-state index is 0.991. The van der Waals surface area contributed by atoms with Crippen LogP contribution < -0.4 is 0 Å². The molecular formula is C12H13N3. The highest BCUT2D eigenvalue weighted by atomic mass is 15.4. The molecule has 1 heterocycles. The third-order valence-electron chi connectivity index (χ3n) is 2.09. The SMILES string of the molecule is CN(C)N=Cc1cccc2cccnc12. The Bertz CT molecular complexity index is 484. The van der Waals surface area contributed by atoms with Crippen molar-refractivity contribution in [3.63, 3.8) is 0 Å². The zero-order valence-electron chi connectivity index (χ0n) is 8.88. The number of para-hydroxylation sites is 1. The molecule has 1 aromatic heterocycles. The van der Waals surface area contributed by atoms with E-state index >= 15 is 0 Å². The highest BCUT2D eigenvalue weighted by Gasteiger charge is 1.98. The third-order valence-corrected chi connectivity index (χ3v) is 2.09. The van der Waals surface area contributed by atoms with Crippen molar-refractivity contribution in [2.24, 2.45) is 5.10 Å². The van der Waals surface area contributed by atoms with E-state index in [9.17, 15) is 0 Å². The Morgan fingerprint density at radius 3 is 2.80 bits per heavy atom. The van der Waals surface area contributed by atoms with Crippen molar-refractivity contribution in [3.05, 3.63) is 42.1 Å². The van der Waals surface area contributed by atoms with Crippen LogP contribution in [0.15, 0.2) is 41.6 Å². The smallest absolute Gasteiger partial charge is 0.0790 e. The van der Waals surface area contributed by atoms with Gasteiger partial charge in [0.25, 0.3) is 0 Å². The first-order chi connectivity index (χ1) is 7.27. The van der Waals surface area contributed by atoms with Crippen LogP contribution in [0.1, 0.15) is 5.56 Å². The first-order valence-corrected chi connectivity index (χ1v) is 4.82. The van der Waals surface area contributed by atoms with Crippen molar-refractivity contribution in [1.82, 2.24) is 9.99 Å². The highest BCUT2D eigenvalue weighted by Crippen LogP contribution is 2.13. The lowest BCUT2D eigenvalue weighted by Crippen LogP contribution is -2.02. The molecule has 0 saturated heterocycles. The Kier molecular flexibility index (Phi) is 2.63. The Morgan fingerprint density at radius 2 is 2.00 bits per heavy atom. The van der Waals surface area contributed by atoms with Gasteiger partial charge in [-0.2, -0.15) is 5.10 Å². The maximum absolute atomic E-state index is 4.35. The molecule has 2 rings (SSSR count). The Labute approximate surface area is 89.1 Å². The molecule has 0 saturated carbocycles. The molecule has 0 aliphatic carbocycles. The van der Waals surface area contributed by atoms with Gasteiger partial charge in [0.05, 0.1) is 11.7 Å². The zero-order valence-corrected chi connectivity index (χ0v) is 8.88. The summed E-state index contributed by atoms with van der Waals surface area (Å²) in [6.45, 7) is 0. The van der Waals surface area contributed by atoms with Crippen molar-refractivity contribution >= 4 is 17.1 Å². The summed E-state index contributed by atoms with van der Waals surface area (Å²) in [7, 11) is 3.80. The first-order valence-electron chi connectivity index (χ1n) is 4.82. The lowest BCUT2D eigenvalue weighted by atomic mass is 10.1.